The van der Waals surface area contributed by atoms with Gasteiger partial charge < -0.3 is 4.90 Å². The largest absolute Gasteiger partial charge is 0.350 e. The van der Waals surface area contributed by atoms with Crippen LogP contribution < -0.4 is 4.90 Å². The van der Waals surface area contributed by atoms with Crippen LogP contribution in [0, 0.1) is 25.2 Å². The second kappa shape index (κ2) is 6.41. The van der Waals surface area contributed by atoms with Gasteiger partial charge in [-0.05, 0) is 56.7 Å². The molecule has 5 nitrogen and oxygen atoms in total. The van der Waals surface area contributed by atoms with Gasteiger partial charge in [0.25, 0.3) is 0 Å². The van der Waals surface area contributed by atoms with Crippen molar-refractivity contribution in [3.05, 3.63) is 35.0 Å². The van der Waals surface area contributed by atoms with Crippen molar-refractivity contribution in [2.75, 3.05) is 11.4 Å². The smallest absolute Gasteiger partial charge is 0.207 e. The van der Waals surface area contributed by atoms with E-state index in [9.17, 15) is 5.26 Å². The summed E-state index contributed by atoms with van der Waals surface area (Å²) in [6, 6.07) is 8.89. The molecule has 1 aromatic heterocycles. The van der Waals surface area contributed by atoms with Crippen molar-refractivity contribution in [1.82, 2.24) is 15.0 Å². The molecule has 0 saturated carbocycles. The van der Waals surface area contributed by atoms with Gasteiger partial charge in [0.05, 0.1) is 5.69 Å². The zero-order valence-electron chi connectivity index (χ0n) is 14.1. The predicted molar refractivity (Wildman–Crippen MR) is 90.8 cm³/mol. The van der Waals surface area contributed by atoms with E-state index >= 15 is 0 Å². The number of rotatable bonds is 3. The summed E-state index contributed by atoms with van der Waals surface area (Å²) in [5, 5.41) is 18.6. The van der Waals surface area contributed by atoms with Crippen LogP contribution >= 0.6 is 0 Å². The summed E-state index contributed by atoms with van der Waals surface area (Å²) in [4.78, 5) is 3.90. The van der Waals surface area contributed by atoms with E-state index in [-0.39, 0.29) is 0 Å². The maximum Gasteiger partial charge on any atom is 0.207 e. The van der Waals surface area contributed by atoms with E-state index in [1.54, 1.807) is 4.80 Å². The molecule has 1 fully saturated rings. The lowest BCUT2D eigenvalue weighted by molar-refractivity contribution is 0.446. The Morgan fingerprint density at radius 3 is 2.83 bits per heavy atom. The summed E-state index contributed by atoms with van der Waals surface area (Å²) in [5.74, 6) is 0.736. The molecule has 1 aliphatic heterocycles. The van der Waals surface area contributed by atoms with Crippen molar-refractivity contribution in [3.63, 3.8) is 0 Å². The average Bonchev–Trinajstić information content (AvgIpc) is 3.01. The molecule has 0 unspecified atom stereocenters. The maximum absolute atomic E-state index is 9.50. The third-order valence-corrected chi connectivity index (χ3v) is 4.65. The second-order valence-corrected chi connectivity index (χ2v) is 6.31. The number of nitriles is 1. The van der Waals surface area contributed by atoms with Crippen molar-refractivity contribution in [1.29, 1.82) is 5.26 Å². The van der Waals surface area contributed by atoms with Crippen LogP contribution in [0.25, 0.3) is 5.69 Å². The van der Waals surface area contributed by atoms with E-state index < -0.39 is 0 Å². The number of hydrogen-bond donors (Lipinski definition) is 0. The van der Waals surface area contributed by atoms with Gasteiger partial charge >= 0.3 is 0 Å². The minimum atomic E-state index is 0.422. The van der Waals surface area contributed by atoms with Gasteiger partial charge in [0.2, 0.25) is 5.69 Å². The van der Waals surface area contributed by atoms with Gasteiger partial charge in [0.15, 0.2) is 5.82 Å². The summed E-state index contributed by atoms with van der Waals surface area (Å²) < 4.78 is 0. The van der Waals surface area contributed by atoms with Crippen molar-refractivity contribution < 1.29 is 0 Å². The SMILES string of the molecule is CC[C@H]1CCCCN1c1nn(-c2cc(C)ccc2C)nc1C#N. The Balaban J connectivity index is 2.04. The lowest BCUT2D eigenvalue weighted by Gasteiger charge is -2.35. The van der Waals surface area contributed by atoms with Crippen molar-refractivity contribution in [2.45, 2.75) is 52.5 Å². The molecule has 2 heterocycles. The molecule has 0 spiro atoms. The van der Waals surface area contributed by atoms with Crippen LogP contribution in [0.1, 0.15) is 49.4 Å². The van der Waals surface area contributed by atoms with Gasteiger partial charge in [-0.2, -0.15) is 5.26 Å². The van der Waals surface area contributed by atoms with E-state index in [0.717, 1.165) is 48.4 Å². The maximum atomic E-state index is 9.50. The molecule has 0 bridgehead atoms. The first kappa shape index (κ1) is 15.5. The average molecular weight is 309 g/mol. The predicted octanol–water partition coefficient (Wildman–Crippen LogP) is 3.52. The molecule has 1 atom stereocenters. The number of anilines is 1. The highest BCUT2D eigenvalue weighted by Gasteiger charge is 2.27. The lowest BCUT2D eigenvalue weighted by Crippen LogP contribution is -2.39. The Bertz CT molecular complexity index is 740. The van der Waals surface area contributed by atoms with Gasteiger partial charge in [-0.25, -0.2) is 0 Å². The molecule has 1 aromatic carbocycles. The highest BCUT2D eigenvalue weighted by molar-refractivity contribution is 5.52. The third-order valence-electron chi connectivity index (χ3n) is 4.65. The molecule has 2 aromatic rings. The van der Waals surface area contributed by atoms with Crippen LogP contribution in [0.4, 0.5) is 5.82 Å². The van der Waals surface area contributed by atoms with Crippen molar-refractivity contribution >= 4 is 5.82 Å². The van der Waals surface area contributed by atoms with Crippen molar-refractivity contribution in [2.24, 2.45) is 0 Å². The molecule has 23 heavy (non-hydrogen) atoms. The molecule has 3 rings (SSSR count). The minimum Gasteiger partial charge on any atom is -0.350 e. The third kappa shape index (κ3) is 2.94. The van der Waals surface area contributed by atoms with E-state index in [4.69, 9.17) is 0 Å². The number of hydrogen-bond acceptors (Lipinski definition) is 4. The monoisotopic (exact) mass is 309 g/mol. The van der Waals surface area contributed by atoms with Crippen LogP contribution in [-0.4, -0.2) is 27.6 Å². The summed E-state index contributed by atoms with van der Waals surface area (Å²) in [7, 11) is 0. The van der Waals surface area contributed by atoms with Crippen molar-refractivity contribution in [3.8, 4) is 11.8 Å². The topological polar surface area (TPSA) is 57.7 Å². The van der Waals surface area contributed by atoms with E-state index in [1.165, 1.54) is 6.42 Å². The second-order valence-electron chi connectivity index (χ2n) is 6.31. The number of aromatic nitrogens is 3. The van der Waals surface area contributed by atoms with E-state index in [2.05, 4.69) is 53.2 Å². The molecule has 0 aliphatic carbocycles. The number of aryl methyl sites for hydroxylation is 2. The first-order chi connectivity index (χ1) is 11.1. The van der Waals surface area contributed by atoms with Crippen LogP contribution in [0.15, 0.2) is 18.2 Å². The fourth-order valence-electron chi connectivity index (χ4n) is 3.31. The standard InChI is InChI=1S/C18H23N5/c1-4-15-7-5-6-10-22(15)18-16(12-19)20-23(21-18)17-11-13(2)8-9-14(17)3/h8-9,11,15H,4-7,10H2,1-3H3/t15-/m0/s1. The molecular weight excluding hydrogens is 286 g/mol. The van der Waals surface area contributed by atoms with Gasteiger partial charge in [-0.1, -0.05) is 19.1 Å². The van der Waals surface area contributed by atoms with Crippen LogP contribution in [-0.2, 0) is 0 Å². The normalized spacial score (nSPS) is 18.0. The fraction of sp³-hybridized carbons (Fsp3) is 0.500. The Morgan fingerprint density at radius 2 is 2.09 bits per heavy atom. The quantitative estimate of drug-likeness (QED) is 0.870. The van der Waals surface area contributed by atoms with Gasteiger partial charge in [0, 0.05) is 12.6 Å². The molecule has 0 radical (unpaired) electrons. The molecule has 5 heteroatoms. The minimum absolute atomic E-state index is 0.422. The van der Waals surface area contributed by atoms with E-state index in [1.807, 2.05) is 6.92 Å². The summed E-state index contributed by atoms with van der Waals surface area (Å²) in [5.41, 5.74) is 3.63. The fourth-order valence-corrected chi connectivity index (χ4v) is 3.31. The molecule has 0 N–H and O–H groups in total. The molecule has 1 aliphatic rings. The summed E-state index contributed by atoms with van der Waals surface area (Å²) in [6.07, 6.45) is 4.64. The zero-order chi connectivity index (χ0) is 16.4. The number of piperidine rings is 1. The first-order valence-corrected chi connectivity index (χ1v) is 8.35. The first-order valence-electron chi connectivity index (χ1n) is 8.35. The van der Waals surface area contributed by atoms with Crippen LogP contribution in [0.3, 0.4) is 0 Å². The molecular formula is C18H23N5. The summed E-state index contributed by atoms with van der Waals surface area (Å²) in [6.45, 7) is 7.25. The van der Waals surface area contributed by atoms with Crippen LogP contribution in [0.2, 0.25) is 0 Å². The lowest BCUT2D eigenvalue weighted by atomic mass is 10.00. The number of benzene rings is 1. The molecule has 0 amide bonds. The Hall–Kier alpha value is -2.35. The van der Waals surface area contributed by atoms with Gasteiger partial charge in [0.1, 0.15) is 6.07 Å². The Labute approximate surface area is 137 Å². The Morgan fingerprint density at radius 1 is 1.26 bits per heavy atom. The zero-order valence-corrected chi connectivity index (χ0v) is 14.1. The highest BCUT2D eigenvalue weighted by atomic mass is 15.5. The summed E-state index contributed by atoms with van der Waals surface area (Å²) >= 11 is 0. The van der Waals surface area contributed by atoms with E-state index in [0.29, 0.717) is 11.7 Å². The van der Waals surface area contributed by atoms with Gasteiger partial charge in [-0.3, -0.25) is 0 Å². The highest BCUT2D eigenvalue weighted by Crippen LogP contribution is 2.28. The molecule has 1 saturated heterocycles. The Kier molecular flexibility index (Phi) is 4.33. The number of nitrogens with zero attached hydrogens (tertiary/aromatic N) is 5. The van der Waals surface area contributed by atoms with Gasteiger partial charge in [-0.15, -0.1) is 15.0 Å². The van der Waals surface area contributed by atoms with Crippen LogP contribution in [0.5, 0.6) is 0 Å². The molecule has 120 valence electrons.